The van der Waals surface area contributed by atoms with Gasteiger partial charge in [-0.15, -0.1) is 6.42 Å². The summed E-state index contributed by atoms with van der Waals surface area (Å²) in [4.78, 5) is 14.0. The van der Waals surface area contributed by atoms with Crippen molar-refractivity contribution in [2.75, 3.05) is 32.8 Å². The maximum absolute atomic E-state index is 12.2. The van der Waals surface area contributed by atoms with Gasteiger partial charge in [-0.25, -0.2) is 0 Å². The standard InChI is InChI=1S/C12H20N2O2/c1-4-5-13-11(10(2)3)12(15)14-6-8-16-9-7-14/h1,10-11,13H,5-9H2,2-3H3/t11-/m0/s1. The summed E-state index contributed by atoms with van der Waals surface area (Å²) in [6, 6.07) is -0.186. The highest BCUT2D eigenvalue weighted by molar-refractivity contribution is 5.82. The van der Waals surface area contributed by atoms with Gasteiger partial charge in [0, 0.05) is 13.1 Å². The first-order valence-corrected chi connectivity index (χ1v) is 5.70. The van der Waals surface area contributed by atoms with Crippen LogP contribution in [0.5, 0.6) is 0 Å². The molecule has 1 aliphatic rings. The van der Waals surface area contributed by atoms with Gasteiger partial charge in [0.1, 0.15) is 0 Å². The minimum Gasteiger partial charge on any atom is -0.378 e. The quantitative estimate of drug-likeness (QED) is 0.688. The number of ether oxygens (including phenoxy) is 1. The fourth-order valence-electron chi connectivity index (χ4n) is 1.76. The number of hydrogen-bond donors (Lipinski definition) is 1. The summed E-state index contributed by atoms with van der Waals surface area (Å²) in [5, 5.41) is 3.10. The molecule has 16 heavy (non-hydrogen) atoms. The van der Waals surface area contributed by atoms with E-state index in [9.17, 15) is 4.79 Å². The third-order valence-corrected chi connectivity index (χ3v) is 2.68. The summed E-state index contributed by atoms with van der Waals surface area (Å²) in [6.07, 6.45) is 5.20. The van der Waals surface area contributed by atoms with E-state index < -0.39 is 0 Å². The highest BCUT2D eigenvalue weighted by atomic mass is 16.5. The maximum Gasteiger partial charge on any atom is 0.240 e. The first-order valence-electron chi connectivity index (χ1n) is 5.70. The van der Waals surface area contributed by atoms with Crippen molar-refractivity contribution >= 4 is 5.91 Å². The van der Waals surface area contributed by atoms with Crippen molar-refractivity contribution in [1.82, 2.24) is 10.2 Å². The molecule has 1 N–H and O–H groups in total. The van der Waals surface area contributed by atoms with Gasteiger partial charge in [0.25, 0.3) is 0 Å². The second-order valence-corrected chi connectivity index (χ2v) is 4.24. The van der Waals surface area contributed by atoms with Crippen LogP contribution in [0.2, 0.25) is 0 Å². The monoisotopic (exact) mass is 224 g/mol. The summed E-state index contributed by atoms with van der Waals surface area (Å²) < 4.78 is 5.22. The van der Waals surface area contributed by atoms with Crippen molar-refractivity contribution < 1.29 is 9.53 Å². The second-order valence-electron chi connectivity index (χ2n) is 4.24. The van der Waals surface area contributed by atoms with Gasteiger partial charge in [0.15, 0.2) is 0 Å². The molecule has 0 unspecified atom stereocenters. The Bertz CT molecular complexity index is 265. The van der Waals surface area contributed by atoms with Crippen LogP contribution in [0.1, 0.15) is 13.8 Å². The van der Waals surface area contributed by atoms with Crippen molar-refractivity contribution in [3.8, 4) is 12.3 Å². The average molecular weight is 224 g/mol. The highest BCUT2D eigenvalue weighted by Gasteiger charge is 2.27. The Kier molecular flexibility index (Phi) is 5.30. The van der Waals surface area contributed by atoms with Gasteiger partial charge in [-0.1, -0.05) is 19.8 Å². The molecule has 4 heteroatoms. The van der Waals surface area contributed by atoms with E-state index in [1.54, 1.807) is 0 Å². The van der Waals surface area contributed by atoms with Crippen LogP contribution < -0.4 is 5.32 Å². The minimum absolute atomic E-state index is 0.133. The number of nitrogens with zero attached hydrogens (tertiary/aromatic N) is 1. The molecule has 1 atom stereocenters. The lowest BCUT2D eigenvalue weighted by atomic mass is 10.0. The molecule has 0 aromatic carbocycles. The van der Waals surface area contributed by atoms with Crippen LogP contribution in [0.15, 0.2) is 0 Å². The molecule has 4 nitrogen and oxygen atoms in total. The number of hydrogen-bond acceptors (Lipinski definition) is 3. The molecule has 0 saturated carbocycles. The predicted octanol–water partition coefficient (Wildman–Crippen LogP) is 0.0926. The predicted molar refractivity (Wildman–Crippen MR) is 62.9 cm³/mol. The third-order valence-electron chi connectivity index (χ3n) is 2.68. The number of amides is 1. The molecule has 0 aromatic heterocycles. The summed E-state index contributed by atoms with van der Waals surface area (Å²) in [7, 11) is 0. The van der Waals surface area contributed by atoms with Gasteiger partial charge in [-0.05, 0) is 5.92 Å². The molecule has 1 amide bonds. The van der Waals surface area contributed by atoms with Crippen LogP contribution in [0.4, 0.5) is 0 Å². The SMILES string of the molecule is C#CCN[C@H](C(=O)N1CCOCC1)C(C)C. The molecule has 0 spiro atoms. The van der Waals surface area contributed by atoms with E-state index in [-0.39, 0.29) is 17.9 Å². The first kappa shape index (κ1) is 13.0. The zero-order valence-electron chi connectivity index (χ0n) is 10.0. The Hall–Kier alpha value is -1.05. The van der Waals surface area contributed by atoms with E-state index in [1.165, 1.54) is 0 Å². The number of rotatable bonds is 4. The van der Waals surface area contributed by atoms with E-state index in [2.05, 4.69) is 11.2 Å². The Balaban J connectivity index is 2.55. The zero-order chi connectivity index (χ0) is 12.0. The maximum atomic E-state index is 12.2. The van der Waals surface area contributed by atoms with Crippen molar-refractivity contribution in [2.24, 2.45) is 5.92 Å². The van der Waals surface area contributed by atoms with Crippen LogP contribution in [-0.4, -0.2) is 49.7 Å². The zero-order valence-corrected chi connectivity index (χ0v) is 10.0. The fourth-order valence-corrected chi connectivity index (χ4v) is 1.76. The summed E-state index contributed by atoms with van der Waals surface area (Å²) in [6.45, 7) is 7.09. The van der Waals surface area contributed by atoms with E-state index in [0.717, 1.165) is 0 Å². The lowest BCUT2D eigenvalue weighted by Crippen LogP contribution is -2.52. The third kappa shape index (κ3) is 3.51. The van der Waals surface area contributed by atoms with Crippen LogP contribution in [0.25, 0.3) is 0 Å². The molecule has 1 heterocycles. The van der Waals surface area contributed by atoms with Crippen LogP contribution in [0.3, 0.4) is 0 Å². The molecule has 90 valence electrons. The first-order chi connectivity index (χ1) is 7.66. The lowest BCUT2D eigenvalue weighted by molar-refractivity contribution is -0.138. The molecule has 0 aliphatic carbocycles. The normalized spacial score (nSPS) is 18.2. The molecule has 1 aliphatic heterocycles. The van der Waals surface area contributed by atoms with Crippen LogP contribution in [0, 0.1) is 18.3 Å². The average Bonchev–Trinajstić information content (AvgIpc) is 2.30. The Morgan fingerprint density at radius 3 is 2.62 bits per heavy atom. The number of nitrogens with one attached hydrogen (secondary N) is 1. The fraction of sp³-hybridized carbons (Fsp3) is 0.750. The van der Waals surface area contributed by atoms with Gasteiger partial charge >= 0.3 is 0 Å². The van der Waals surface area contributed by atoms with Crippen molar-refractivity contribution in [3.05, 3.63) is 0 Å². The van der Waals surface area contributed by atoms with Gasteiger partial charge in [0.2, 0.25) is 5.91 Å². The Labute approximate surface area is 97.3 Å². The molecule has 0 bridgehead atoms. The van der Waals surface area contributed by atoms with E-state index in [1.807, 2.05) is 18.7 Å². The molecule has 1 fully saturated rings. The second kappa shape index (κ2) is 6.51. The molecular formula is C12H20N2O2. The van der Waals surface area contributed by atoms with Gasteiger partial charge < -0.3 is 9.64 Å². The number of carbonyl (C=O) groups is 1. The smallest absolute Gasteiger partial charge is 0.240 e. The van der Waals surface area contributed by atoms with E-state index in [4.69, 9.17) is 11.2 Å². The van der Waals surface area contributed by atoms with Crippen LogP contribution >= 0.6 is 0 Å². The van der Waals surface area contributed by atoms with Gasteiger partial charge in [0.05, 0.1) is 25.8 Å². The number of carbonyl (C=O) groups excluding carboxylic acids is 1. The molecular weight excluding hydrogens is 204 g/mol. The lowest BCUT2D eigenvalue weighted by Gasteiger charge is -2.32. The van der Waals surface area contributed by atoms with Gasteiger partial charge in [-0.3, -0.25) is 10.1 Å². The topological polar surface area (TPSA) is 41.6 Å². The van der Waals surface area contributed by atoms with Crippen molar-refractivity contribution in [2.45, 2.75) is 19.9 Å². The Morgan fingerprint density at radius 1 is 1.50 bits per heavy atom. The molecule has 0 radical (unpaired) electrons. The minimum atomic E-state index is -0.186. The molecule has 0 aromatic rings. The van der Waals surface area contributed by atoms with E-state index in [0.29, 0.717) is 32.8 Å². The van der Waals surface area contributed by atoms with Gasteiger partial charge in [-0.2, -0.15) is 0 Å². The number of terminal acetylenes is 1. The van der Waals surface area contributed by atoms with Crippen molar-refractivity contribution in [3.63, 3.8) is 0 Å². The molecule has 1 rings (SSSR count). The van der Waals surface area contributed by atoms with Crippen LogP contribution in [-0.2, 0) is 9.53 Å². The number of morpholine rings is 1. The summed E-state index contributed by atoms with van der Waals surface area (Å²) >= 11 is 0. The summed E-state index contributed by atoms with van der Waals surface area (Å²) in [5.41, 5.74) is 0. The highest BCUT2D eigenvalue weighted by Crippen LogP contribution is 2.08. The largest absolute Gasteiger partial charge is 0.378 e. The molecule has 1 saturated heterocycles. The van der Waals surface area contributed by atoms with E-state index >= 15 is 0 Å². The van der Waals surface area contributed by atoms with Crippen molar-refractivity contribution in [1.29, 1.82) is 0 Å². The summed E-state index contributed by atoms with van der Waals surface area (Å²) in [5.74, 6) is 2.88. The Morgan fingerprint density at radius 2 is 2.12 bits per heavy atom.